The van der Waals surface area contributed by atoms with E-state index in [-0.39, 0.29) is 20.1 Å². The van der Waals surface area contributed by atoms with Gasteiger partial charge in [-0.1, -0.05) is 127 Å². The molecule has 2 N–H and O–H groups in total. The average molecular weight is 1110 g/mol. The summed E-state index contributed by atoms with van der Waals surface area (Å²) in [6.45, 7) is -0.804. The molecular weight excluding hydrogens is 1070 g/mol. The first-order valence-corrected chi connectivity index (χ1v) is 29.7. The molecule has 10 nitrogen and oxygen atoms in total. The van der Waals surface area contributed by atoms with Crippen LogP contribution in [-0.4, -0.2) is 35.9 Å². The third-order valence-electron chi connectivity index (χ3n) is 17.2. The highest BCUT2D eigenvalue weighted by Gasteiger charge is 2.48. The zero-order chi connectivity index (χ0) is 55.9. The number of rotatable bonds is 9. The highest BCUT2D eigenvalue weighted by atomic mass is 32.2. The van der Waals surface area contributed by atoms with Crippen molar-refractivity contribution in [2.24, 2.45) is 0 Å². The average Bonchev–Trinajstić information content (AvgIpc) is 2.72. The summed E-state index contributed by atoms with van der Waals surface area (Å²) >= 11 is 1.66. The molecule has 11 aromatic carbocycles. The molecule has 2 aromatic heterocycles. The second-order valence-electron chi connectivity index (χ2n) is 22.0. The van der Waals surface area contributed by atoms with Gasteiger partial charge in [0.05, 0.1) is 11.2 Å². The van der Waals surface area contributed by atoms with Crippen molar-refractivity contribution in [2.75, 3.05) is 15.9 Å². The number of nitrogens with one attached hydrogen (secondary N) is 2. The fourth-order valence-electron chi connectivity index (χ4n) is 13.7. The fourth-order valence-corrected chi connectivity index (χ4v) is 14.4. The standard InChI is InChI=1S/C71H45B3N4O6S/c1-85-78-60-41-57-53(74-66-58(75-57)35-48(80-45-22-10-4-11-23-45)38-64(66)84-69-51-27-15-17-29-59(51)77(71(69)74)43-18-6-2-7-19-43)40-54(60)73-55-34-42(30-33-62(55)82-65-39-49(36-61(78)67(65)73)81-46-24-12-5-13-25-46)72-52-32-31-47(79-44-20-8-3-9-21-44)37-63(52)83-68-50-26-14-16-28-56(50)76-70(68)72/h2-41,75-76H,1H3. The highest BCUT2D eigenvalue weighted by Crippen LogP contribution is 2.46. The van der Waals surface area contributed by atoms with Crippen LogP contribution in [0.25, 0.3) is 27.5 Å². The number of aromatic nitrogens is 2. The maximum absolute atomic E-state index is 7.27. The third kappa shape index (κ3) is 7.51. The van der Waals surface area contributed by atoms with Crippen molar-refractivity contribution in [2.45, 2.75) is 0 Å². The number of para-hydroxylation sites is 6. The molecule has 14 heteroatoms. The molecule has 7 heterocycles. The molecule has 0 spiro atoms. The lowest BCUT2D eigenvalue weighted by molar-refractivity contribution is 0.463. The molecule has 18 rings (SSSR count). The minimum absolute atomic E-state index is 0.241. The van der Waals surface area contributed by atoms with E-state index in [1.807, 2.05) is 103 Å². The van der Waals surface area contributed by atoms with Gasteiger partial charge in [-0.05, 0) is 136 Å². The second-order valence-corrected chi connectivity index (χ2v) is 22.7. The lowest BCUT2D eigenvalue weighted by atomic mass is 9.30. The molecule has 0 radical (unpaired) electrons. The number of hydrogen-bond acceptors (Lipinski definition) is 9. The van der Waals surface area contributed by atoms with Crippen molar-refractivity contribution in [3.05, 3.63) is 243 Å². The summed E-state index contributed by atoms with van der Waals surface area (Å²) < 4.78 is 46.0. The zero-order valence-corrected chi connectivity index (χ0v) is 46.4. The summed E-state index contributed by atoms with van der Waals surface area (Å²) in [5.74, 6) is 8.89. The Morgan fingerprint density at radius 2 is 1.05 bits per heavy atom. The van der Waals surface area contributed by atoms with Gasteiger partial charge in [0.15, 0.2) is 0 Å². The van der Waals surface area contributed by atoms with Crippen LogP contribution in [0.2, 0.25) is 0 Å². The van der Waals surface area contributed by atoms with Crippen LogP contribution in [0.15, 0.2) is 243 Å². The van der Waals surface area contributed by atoms with Crippen molar-refractivity contribution in [1.82, 2.24) is 9.55 Å². The minimum atomic E-state index is -0.284. The first-order valence-electron chi connectivity index (χ1n) is 28.5. The Labute approximate surface area is 494 Å². The van der Waals surface area contributed by atoms with Gasteiger partial charge in [0.25, 0.3) is 20.1 Å². The number of ether oxygens (including phenoxy) is 6. The Morgan fingerprint density at radius 1 is 0.412 bits per heavy atom. The maximum atomic E-state index is 7.27. The van der Waals surface area contributed by atoms with Crippen LogP contribution in [0.5, 0.6) is 69.0 Å². The van der Waals surface area contributed by atoms with Crippen molar-refractivity contribution >= 4 is 126 Å². The van der Waals surface area contributed by atoms with Gasteiger partial charge >= 0.3 is 0 Å². The first-order chi connectivity index (χ1) is 42.0. The fraction of sp³-hybridized carbons (Fsp3) is 0.0141. The second kappa shape index (κ2) is 18.7. The van der Waals surface area contributed by atoms with E-state index in [0.29, 0.717) is 17.2 Å². The SMILES string of the molecule is CSN1c2cc3c(cc2B2c4cc(B5c6ccc(Oc7ccccc7)cc6Oc6c5[nH]c5ccccc65)ccc4Oc4cc(Oc5ccccc5)cc1c42)B1c2c(cc(Oc4ccccc4)cc2Oc2c1n(-c1ccccc1)c1ccccc21)N3. The van der Waals surface area contributed by atoms with Gasteiger partial charge in [-0.15, -0.1) is 0 Å². The summed E-state index contributed by atoms with van der Waals surface area (Å²) in [5, 5.41) is 6.03. The van der Waals surface area contributed by atoms with Gasteiger partial charge in [0, 0.05) is 86.8 Å². The lowest BCUT2D eigenvalue weighted by Crippen LogP contribution is -2.64. The van der Waals surface area contributed by atoms with Crippen LogP contribution in [0.4, 0.5) is 22.7 Å². The van der Waals surface area contributed by atoms with E-state index in [1.165, 1.54) is 0 Å². The van der Waals surface area contributed by atoms with Crippen LogP contribution in [0.3, 0.4) is 0 Å². The Bertz CT molecular complexity index is 4910. The summed E-state index contributed by atoms with van der Waals surface area (Å²) in [5.41, 5.74) is 16.6. The van der Waals surface area contributed by atoms with Crippen LogP contribution >= 0.6 is 11.9 Å². The predicted octanol–water partition coefficient (Wildman–Crippen LogP) is 12.1. The number of benzene rings is 11. The molecule has 5 aliphatic rings. The van der Waals surface area contributed by atoms with Gasteiger partial charge in [-0.3, -0.25) is 4.31 Å². The number of anilines is 4. The van der Waals surface area contributed by atoms with E-state index in [0.717, 1.165) is 151 Å². The molecule has 5 aliphatic heterocycles. The molecule has 0 aliphatic carbocycles. The van der Waals surface area contributed by atoms with E-state index in [9.17, 15) is 0 Å². The molecule has 0 saturated carbocycles. The van der Waals surface area contributed by atoms with Gasteiger partial charge in [-0.25, -0.2) is 0 Å². The van der Waals surface area contributed by atoms with E-state index >= 15 is 0 Å². The van der Waals surface area contributed by atoms with Crippen molar-refractivity contribution in [3.63, 3.8) is 0 Å². The molecule has 400 valence electrons. The molecule has 0 bridgehead atoms. The maximum Gasteiger partial charge on any atom is 0.277 e. The van der Waals surface area contributed by atoms with E-state index in [2.05, 4.69) is 165 Å². The van der Waals surface area contributed by atoms with Crippen LogP contribution in [0, 0.1) is 0 Å². The Kier molecular flexibility index (Phi) is 10.6. The normalized spacial score (nSPS) is 13.3. The number of fused-ring (bicyclic) bond motifs is 14. The van der Waals surface area contributed by atoms with Crippen molar-refractivity contribution in [3.8, 4) is 74.7 Å². The van der Waals surface area contributed by atoms with E-state index < -0.39 is 0 Å². The molecule has 0 saturated heterocycles. The van der Waals surface area contributed by atoms with Gasteiger partial charge < -0.3 is 43.3 Å². The highest BCUT2D eigenvalue weighted by molar-refractivity contribution is 8.00. The lowest BCUT2D eigenvalue weighted by Gasteiger charge is -2.41. The van der Waals surface area contributed by atoms with Gasteiger partial charge in [0.2, 0.25) is 0 Å². The smallest absolute Gasteiger partial charge is 0.277 e. The zero-order valence-electron chi connectivity index (χ0n) is 45.6. The minimum Gasteiger partial charge on any atom is -0.458 e. The molecule has 0 fully saturated rings. The van der Waals surface area contributed by atoms with Crippen LogP contribution in [-0.2, 0) is 0 Å². The molecule has 0 atom stereocenters. The summed E-state index contributed by atoms with van der Waals surface area (Å²) in [6, 6.07) is 83.5. The van der Waals surface area contributed by atoms with E-state index in [4.69, 9.17) is 28.4 Å². The number of aromatic amines is 1. The monoisotopic (exact) mass is 1110 g/mol. The Morgan fingerprint density at radius 3 is 1.79 bits per heavy atom. The molecule has 0 unspecified atom stereocenters. The Hall–Kier alpha value is -10.6. The number of hydrogen-bond donors (Lipinski definition) is 2. The third-order valence-corrected chi connectivity index (χ3v) is 17.9. The predicted molar refractivity (Wildman–Crippen MR) is 346 cm³/mol. The molecule has 85 heavy (non-hydrogen) atoms. The van der Waals surface area contributed by atoms with E-state index in [1.54, 1.807) is 11.9 Å². The summed E-state index contributed by atoms with van der Waals surface area (Å²) in [6.07, 6.45) is 2.14. The molecule has 13 aromatic rings. The van der Waals surface area contributed by atoms with Crippen LogP contribution in [0.1, 0.15) is 0 Å². The summed E-state index contributed by atoms with van der Waals surface area (Å²) in [4.78, 5) is 3.83. The molecule has 0 amide bonds. The number of H-pyrrole nitrogens is 1. The number of nitrogens with zero attached hydrogens (tertiary/aromatic N) is 2. The Balaban J connectivity index is 0.861. The quantitative estimate of drug-likeness (QED) is 0.108. The van der Waals surface area contributed by atoms with Crippen LogP contribution < -0.4 is 87.5 Å². The largest absolute Gasteiger partial charge is 0.458 e. The molecular formula is C71H45B3N4O6S. The van der Waals surface area contributed by atoms with Crippen molar-refractivity contribution < 1.29 is 28.4 Å². The van der Waals surface area contributed by atoms with Crippen molar-refractivity contribution in [1.29, 1.82) is 0 Å². The first kappa shape index (κ1) is 48.0. The van der Waals surface area contributed by atoms with Gasteiger partial charge in [-0.2, -0.15) is 0 Å². The van der Waals surface area contributed by atoms with Gasteiger partial charge in [0.1, 0.15) is 69.0 Å². The summed E-state index contributed by atoms with van der Waals surface area (Å²) in [7, 11) is 0. The topological polar surface area (TPSA) is 91.4 Å².